The van der Waals surface area contributed by atoms with E-state index in [1.54, 1.807) is 44.2 Å². The van der Waals surface area contributed by atoms with E-state index >= 15 is 0 Å². The maximum atomic E-state index is 13.2. The van der Waals surface area contributed by atoms with Crippen LogP contribution in [0, 0.1) is 0 Å². The van der Waals surface area contributed by atoms with Gasteiger partial charge in [-0.05, 0) is 37.6 Å². The number of hydrogen-bond donors (Lipinski definition) is 3. The first kappa shape index (κ1) is 26.2. The summed E-state index contributed by atoms with van der Waals surface area (Å²) in [6.07, 6.45) is 1.58. The maximum absolute atomic E-state index is 13.2. The molecule has 3 aromatic rings. The molecule has 10 nitrogen and oxygen atoms in total. The van der Waals surface area contributed by atoms with Gasteiger partial charge in [0.2, 0.25) is 0 Å². The highest BCUT2D eigenvalue weighted by Crippen LogP contribution is 2.44. The molecule has 196 valence electrons. The first-order valence-corrected chi connectivity index (χ1v) is 12.0. The van der Waals surface area contributed by atoms with Crippen molar-refractivity contribution in [2.45, 2.75) is 26.3 Å². The van der Waals surface area contributed by atoms with E-state index in [-0.39, 0.29) is 19.0 Å². The maximum Gasteiger partial charge on any atom is 0.351 e. The van der Waals surface area contributed by atoms with Crippen LogP contribution in [0.25, 0.3) is 0 Å². The third-order valence-corrected chi connectivity index (χ3v) is 6.07. The van der Waals surface area contributed by atoms with Crippen molar-refractivity contribution in [2.75, 3.05) is 24.5 Å². The first-order chi connectivity index (χ1) is 18.4. The van der Waals surface area contributed by atoms with Gasteiger partial charge < -0.3 is 14.8 Å². The topological polar surface area (TPSA) is 124 Å². The van der Waals surface area contributed by atoms with Crippen LogP contribution in [0.1, 0.15) is 41.3 Å². The lowest BCUT2D eigenvalue weighted by Crippen LogP contribution is -2.37. The zero-order valence-electron chi connectivity index (χ0n) is 21.4. The fraction of sp³-hybridized carbons (Fsp3) is 0.214. The second-order valence-corrected chi connectivity index (χ2v) is 8.44. The number of nitrogens with zero attached hydrogens (tertiary/aromatic N) is 2. The number of hydrazine groups is 1. The lowest BCUT2D eigenvalue weighted by Gasteiger charge is -2.32. The van der Waals surface area contributed by atoms with Gasteiger partial charge in [0.25, 0.3) is 5.91 Å². The number of allylic oxidation sites excluding steroid dienone is 2. The number of carbonyl (C=O) groups is 2. The van der Waals surface area contributed by atoms with Gasteiger partial charge in [-0.2, -0.15) is 4.98 Å². The highest BCUT2D eigenvalue weighted by atomic mass is 16.5. The van der Waals surface area contributed by atoms with Gasteiger partial charge in [0.1, 0.15) is 11.6 Å². The summed E-state index contributed by atoms with van der Waals surface area (Å²) in [5.74, 6) is -0.559. The summed E-state index contributed by atoms with van der Waals surface area (Å²) in [6, 6.07) is 16.0. The van der Waals surface area contributed by atoms with Gasteiger partial charge in [-0.3, -0.25) is 20.2 Å². The Hall–Kier alpha value is -4.86. The van der Waals surface area contributed by atoms with Crippen LogP contribution in [-0.2, 0) is 16.1 Å². The van der Waals surface area contributed by atoms with Crippen LogP contribution in [0.4, 0.5) is 11.6 Å². The zero-order valence-corrected chi connectivity index (χ0v) is 21.4. The number of benzene rings is 2. The smallest absolute Gasteiger partial charge is 0.351 e. The molecule has 1 aliphatic heterocycles. The molecular formula is C28H29N5O5. The van der Waals surface area contributed by atoms with E-state index in [0.29, 0.717) is 34.0 Å². The predicted molar refractivity (Wildman–Crippen MR) is 144 cm³/mol. The molecule has 0 spiro atoms. The highest BCUT2D eigenvalue weighted by molar-refractivity contribution is 5.97. The summed E-state index contributed by atoms with van der Waals surface area (Å²) in [5, 5.41) is 3.20. The lowest BCUT2D eigenvalue weighted by molar-refractivity contribution is -0.138. The standard InChI is InChI=1S/C28H29N5O5/c1-5-15-33-25-23(22(18-11-8-7-9-12-18)21(17(3)29-25)27(35)38-6-2)24(30-28(33)36)31-32-26(34)19-13-10-14-20(16-19)37-4/h5,7-14,16,22,29H,1,6,15H2,2-4H3,(H,32,34)(H,30,31,36). The van der Waals surface area contributed by atoms with Gasteiger partial charge in [-0.15, -0.1) is 6.58 Å². The van der Waals surface area contributed by atoms with Crippen molar-refractivity contribution < 1.29 is 19.1 Å². The fourth-order valence-electron chi connectivity index (χ4n) is 4.39. The Bertz CT molecular complexity index is 1460. The number of rotatable bonds is 9. The van der Waals surface area contributed by atoms with Crippen molar-refractivity contribution in [3.05, 3.63) is 106 Å². The fourth-order valence-corrected chi connectivity index (χ4v) is 4.39. The van der Waals surface area contributed by atoms with Crippen molar-refractivity contribution >= 4 is 23.5 Å². The van der Waals surface area contributed by atoms with Crippen molar-refractivity contribution in [3.8, 4) is 5.75 Å². The van der Waals surface area contributed by atoms with Gasteiger partial charge >= 0.3 is 11.7 Å². The summed E-state index contributed by atoms with van der Waals surface area (Å²) in [7, 11) is 1.51. The Kier molecular flexibility index (Phi) is 7.91. The largest absolute Gasteiger partial charge is 0.497 e. The molecule has 1 aromatic heterocycles. The third kappa shape index (κ3) is 5.15. The number of amides is 1. The first-order valence-electron chi connectivity index (χ1n) is 12.0. The summed E-state index contributed by atoms with van der Waals surface area (Å²) >= 11 is 0. The second-order valence-electron chi connectivity index (χ2n) is 8.44. The van der Waals surface area contributed by atoms with E-state index in [1.807, 2.05) is 30.3 Å². The Labute approximate surface area is 220 Å². The number of anilines is 2. The minimum Gasteiger partial charge on any atom is -0.497 e. The van der Waals surface area contributed by atoms with Gasteiger partial charge in [0, 0.05) is 23.4 Å². The monoisotopic (exact) mass is 515 g/mol. The molecule has 0 fully saturated rings. The highest BCUT2D eigenvalue weighted by Gasteiger charge is 2.37. The van der Waals surface area contributed by atoms with Gasteiger partial charge in [-0.25, -0.2) is 9.59 Å². The second kappa shape index (κ2) is 11.5. The lowest BCUT2D eigenvalue weighted by atomic mass is 9.82. The Morgan fingerprint density at radius 1 is 1.18 bits per heavy atom. The number of carbonyl (C=O) groups excluding carboxylic acids is 2. The molecule has 0 radical (unpaired) electrons. The molecule has 2 heterocycles. The van der Waals surface area contributed by atoms with Gasteiger partial charge in [0.15, 0.2) is 5.82 Å². The number of hydrogen-bond acceptors (Lipinski definition) is 8. The Balaban J connectivity index is 1.86. The van der Waals surface area contributed by atoms with Crippen LogP contribution in [0.3, 0.4) is 0 Å². The van der Waals surface area contributed by atoms with E-state index in [9.17, 15) is 14.4 Å². The summed E-state index contributed by atoms with van der Waals surface area (Å²) in [4.78, 5) is 43.4. The van der Waals surface area contributed by atoms with Crippen LogP contribution >= 0.6 is 0 Å². The molecule has 0 saturated heterocycles. The summed E-state index contributed by atoms with van der Waals surface area (Å²) < 4.78 is 12.0. The van der Waals surface area contributed by atoms with E-state index < -0.39 is 23.5 Å². The average molecular weight is 516 g/mol. The molecule has 10 heteroatoms. The minimum absolute atomic E-state index is 0.0946. The molecule has 4 rings (SSSR count). The van der Waals surface area contributed by atoms with Crippen molar-refractivity contribution in [3.63, 3.8) is 0 Å². The molecule has 1 unspecified atom stereocenters. The molecule has 1 atom stereocenters. The van der Waals surface area contributed by atoms with E-state index in [0.717, 1.165) is 5.56 Å². The molecule has 3 N–H and O–H groups in total. The third-order valence-electron chi connectivity index (χ3n) is 6.07. The molecule has 0 bridgehead atoms. The minimum atomic E-state index is -0.646. The van der Waals surface area contributed by atoms with Gasteiger partial charge in [0.05, 0.1) is 25.2 Å². The summed E-state index contributed by atoms with van der Waals surface area (Å²) in [5.41, 5.74) is 7.40. The molecule has 2 aromatic carbocycles. The Morgan fingerprint density at radius 3 is 2.63 bits per heavy atom. The zero-order chi connectivity index (χ0) is 27.2. The molecular weight excluding hydrogens is 486 g/mol. The number of aromatic nitrogens is 2. The molecule has 1 aliphatic rings. The average Bonchev–Trinajstić information content (AvgIpc) is 2.93. The van der Waals surface area contributed by atoms with Crippen molar-refractivity contribution in [1.82, 2.24) is 15.0 Å². The van der Waals surface area contributed by atoms with Crippen LogP contribution in [-0.4, -0.2) is 35.1 Å². The molecule has 0 saturated carbocycles. The van der Waals surface area contributed by atoms with Crippen LogP contribution in [0.5, 0.6) is 5.75 Å². The van der Waals surface area contributed by atoms with E-state index in [2.05, 4.69) is 27.7 Å². The van der Waals surface area contributed by atoms with Gasteiger partial charge in [-0.1, -0.05) is 42.5 Å². The van der Waals surface area contributed by atoms with E-state index in [4.69, 9.17) is 9.47 Å². The molecule has 0 aliphatic carbocycles. The number of ether oxygens (including phenoxy) is 2. The Morgan fingerprint density at radius 2 is 1.95 bits per heavy atom. The molecule has 38 heavy (non-hydrogen) atoms. The SMILES string of the molecule is C=CCn1c2c(c(NNC(=O)c3cccc(OC)c3)nc1=O)C(c1ccccc1)C(C(=O)OCC)=C(C)N2. The number of fused-ring (bicyclic) bond motifs is 1. The van der Waals surface area contributed by atoms with Crippen LogP contribution in [0.2, 0.25) is 0 Å². The number of methoxy groups -OCH3 is 1. The van der Waals surface area contributed by atoms with Crippen molar-refractivity contribution in [2.24, 2.45) is 0 Å². The number of nitrogens with one attached hydrogen (secondary N) is 3. The summed E-state index contributed by atoms with van der Waals surface area (Å²) in [6.45, 7) is 7.62. The quantitative estimate of drug-likeness (QED) is 0.224. The van der Waals surface area contributed by atoms with Crippen molar-refractivity contribution in [1.29, 1.82) is 0 Å². The normalized spacial score (nSPS) is 14.1. The van der Waals surface area contributed by atoms with Crippen LogP contribution < -0.4 is 26.6 Å². The predicted octanol–water partition coefficient (Wildman–Crippen LogP) is 3.59. The van der Waals surface area contributed by atoms with E-state index in [1.165, 1.54) is 11.7 Å². The number of esters is 1. The molecule has 1 amide bonds. The van der Waals surface area contributed by atoms with Crippen LogP contribution in [0.15, 0.2) is 83.3 Å².